The molecule has 0 saturated carbocycles. The van der Waals surface area contributed by atoms with Crippen molar-refractivity contribution in [3.8, 4) is 0 Å². The average molecular weight is 315 g/mol. The minimum atomic E-state index is 0.142. The maximum Gasteiger partial charge on any atom is 0.185 e. The molecule has 3 nitrogen and oxygen atoms in total. The van der Waals surface area contributed by atoms with Gasteiger partial charge in [0.05, 0.1) is 10.7 Å². The largest absolute Gasteiger partial charge is 0.292 e. The summed E-state index contributed by atoms with van der Waals surface area (Å²) in [5.74, 6) is 0.389. The summed E-state index contributed by atoms with van der Waals surface area (Å²) in [6, 6.07) is 0. The van der Waals surface area contributed by atoms with E-state index in [-0.39, 0.29) is 11.7 Å². The maximum absolute atomic E-state index is 12.6. The van der Waals surface area contributed by atoms with Crippen molar-refractivity contribution in [2.24, 2.45) is 5.92 Å². The molecule has 1 rings (SSSR count). The van der Waals surface area contributed by atoms with Crippen LogP contribution in [0.3, 0.4) is 0 Å². The Morgan fingerprint density at radius 3 is 2.39 bits per heavy atom. The average Bonchev–Trinajstić information content (AvgIpc) is 2.70. The van der Waals surface area contributed by atoms with E-state index in [1.54, 1.807) is 6.20 Å². The molecule has 0 radical (unpaired) electrons. The molecule has 0 bridgehead atoms. The van der Waals surface area contributed by atoms with Crippen LogP contribution in [0.15, 0.2) is 10.7 Å². The molecule has 102 valence electrons. The van der Waals surface area contributed by atoms with E-state index in [4.69, 9.17) is 0 Å². The fourth-order valence-electron chi connectivity index (χ4n) is 2.29. The summed E-state index contributed by atoms with van der Waals surface area (Å²) < 4.78 is 2.67. The third-order valence-corrected chi connectivity index (χ3v) is 3.69. The zero-order valence-corrected chi connectivity index (χ0v) is 13.2. The highest BCUT2D eigenvalue weighted by Gasteiger charge is 2.24. The molecule has 0 unspecified atom stereocenters. The monoisotopic (exact) mass is 314 g/mol. The number of ketones is 1. The highest BCUT2D eigenvalue weighted by atomic mass is 79.9. The quantitative estimate of drug-likeness (QED) is 0.664. The second-order valence-electron chi connectivity index (χ2n) is 4.70. The number of carbonyl (C=O) groups excluding carboxylic acids is 1. The Morgan fingerprint density at radius 1 is 1.28 bits per heavy atom. The minimum Gasteiger partial charge on any atom is -0.292 e. The van der Waals surface area contributed by atoms with Gasteiger partial charge in [-0.05, 0) is 35.2 Å². The second kappa shape index (κ2) is 7.72. The Morgan fingerprint density at radius 2 is 1.89 bits per heavy atom. The van der Waals surface area contributed by atoms with Crippen LogP contribution in [0.2, 0.25) is 0 Å². The lowest BCUT2D eigenvalue weighted by Crippen LogP contribution is -2.19. The number of hydrogen-bond donors (Lipinski definition) is 0. The van der Waals surface area contributed by atoms with Crippen LogP contribution in [0.4, 0.5) is 0 Å². The van der Waals surface area contributed by atoms with Gasteiger partial charge in [-0.2, -0.15) is 5.10 Å². The van der Waals surface area contributed by atoms with Gasteiger partial charge in [-0.1, -0.05) is 33.6 Å². The van der Waals surface area contributed by atoms with Crippen LogP contribution in [-0.2, 0) is 6.54 Å². The number of nitrogens with zero attached hydrogens (tertiary/aromatic N) is 2. The molecular formula is C14H23BrN2O. The number of halogens is 1. The Hall–Kier alpha value is -0.640. The van der Waals surface area contributed by atoms with Crippen molar-refractivity contribution >= 4 is 21.7 Å². The molecule has 1 aromatic heterocycles. The number of Topliss-reactive ketones (excluding diaryl/α,β-unsaturated/α-hetero) is 1. The number of aromatic nitrogens is 2. The lowest BCUT2D eigenvalue weighted by molar-refractivity contribution is 0.0892. The standard InChI is InChI=1S/C14H23BrN2O/c1-4-7-11(8-5-2)14(18)13-12(15)10-16-17(13)9-6-3/h10-11H,4-9H2,1-3H3. The lowest BCUT2D eigenvalue weighted by atomic mass is 9.92. The normalized spacial score (nSPS) is 11.2. The Kier molecular flexibility index (Phi) is 6.61. The van der Waals surface area contributed by atoms with Gasteiger partial charge in [0.25, 0.3) is 0 Å². The molecule has 0 amide bonds. The van der Waals surface area contributed by atoms with Crippen molar-refractivity contribution in [3.63, 3.8) is 0 Å². The van der Waals surface area contributed by atoms with E-state index in [0.717, 1.165) is 48.8 Å². The molecule has 0 saturated heterocycles. The zero-order valence-electron chi connectivity index (χ0n) is 11.6. The van der Waals surface area contributed by atoms with Crippen molar-refractivity contribution < 1.29 is 4.79 Å². The van der Waals surface area contributed by atoms with Crippen LogP contribution in [0.25, 0.3) is 0 Å². The number of carbonyl (C=O) groups is 1. The first-order chi connectivity index (χ1) is 8.65. The first kappa shape index (κ1) is 15.4. The van der Waals surface area contributed by atoms with Crippen LogP contribution in [0, 0.1) is 5.92 Å². The number of rotatable bonds is 8. The van der Waals surface area contributed by atoms with Crippen LogP contribution in [0.5, 0.6) is 0 Å². The van der Waals surface area contributed by atoms with E-state index in [1.165, 1.54) is 0 Å². The molecule has 4 heteroatoms. The smallest absolute Gasteiger partial charge is 0.185 e. The molecule has 0 atom stereocenters. The topological polar surface area (TPSA) is 34.9 Å². The van der Waals surface area contributed by atoms with E-state index >= 15 is 0 Å². The molecule has 0 aliphatic carbocycles. The van der Waals surface area contributed by atoms with Gasteiger partial charge >= 0.3 is 0 Å². The fraction of sp³-hybridized carbons (Fsp3) is 0.714. The molecule has 18 heavy (non-hydrogen) atoms. The van der Waals surface area contributed by atoms with E-state index in [2.05, 4.69) is 41.8 Å². The Bertz CT molecular complexity index is 381. The van der Waals surface area contributed by atoms with Crippen molar-refractivity contribution in [2.45, 2.75) is 59.4 Å². The highest BCUT2D eigenvalue weighted by Crippen LogP contribution is 2.24. The predicted molar refractivity (Wildman–Crippen MR) is 77.9 cm³/mol. The summed E-state index contributed by atoms with van der Waals surface area (Å²) in [5, 5.41) is 4.28. The predicted octanol–water partition coefficient (Wildman–Crippen LogP) is 4.45. The SMILES string of the molecule is CCCC(CCC)C(=O)c1c(Br)cnn1CCC. The van der Waals surface area contributed by atoms with Crippen LogP contribution < -0.4 is 0 Å². The van der Waals surface area contributed by atoms with Crippen molar-refractivity contribution in [1.82, 2.24) is 9.78 Å². The summed E-state index contributed by atoms with van der Waals surface area (Å²) >= 11 is 3.45. The van der Waals surface area contributed by atoms with Gasteiger partial charge in [0, 0.05) is 12.5 Å². The van der Waals surface area contributed by atoms with Crippen molar-refractivity contribution in [3.05, 3.63) is 16.4 Å². The summed E-state index contributed by atoms with van der Waals surface area (Å²) in [7, 11) is 0. The molecule has 0 aromatic carbocycles. The van der Waals surface area contributed by atoms with E-state index in [9.17, 15) is 4.79 Å². The van der Waals surface area contributed by atoms with E-state index in [1.807, 2.05) is 4.68 Å². The minimum absolute atomic E-state index is 0.142. The van der Waals surface area contributed by atoms with Crippen molar-refractivity contribution in [1.29, 1.82) is 0 Å². The lowest BCUT2D eigenvalue weighted by Gasteiger charge is -2.15. The van der Waals surface area contributed by atoms with E-state index in [0.29, 0.717) is 0 Å². The molecule has 0 fully saturated rings. The third kappa shape index (κ3) is 3.67. The summed E-state index contributed by atoms with van der Waals surface area (Å²) in [6.45, 7) is 7.17. The van der Waals surface area contributed by atoms with Gasteiger partial charge in [0.2, 0.25) is 0 Å². The molecule has 1 aromatic rings. The van der Waals surface area contributed by atoms with E-state index < -0.39 is 0 Å². The summed E-state index contributed by atoms with van der Waals surface area (Å²) in [5.41, 5.74) is 0.753. The molecule has 1 heterocycles. The van der Waals surface area contributed by atoms with Crippen LogP contribution in [0.1, 0.15) is 63.4 Å². The zero-order chi connectivity index (χ0) is 13.5. The van der Waals surface area contributed by atoms with Gasteiger partial charge in [0.15, 0.2) is 5.78 Å². The van der Waals surface area contributed by atoms with Gasteiger partial charge < -0.3 is 0 Å². The highest BCUT2D eigenvalue weighted by molar-refractivity contribution is 9.10. The third-order valence-electron chi connectivity index (χ3n) is 3.11. The van der Waals surface area contributed by atoms with Gasteiger partial charge in [-0.3, -0.25) is 9.48 Å². The van der Waals surface area contributed by atoms with Crippen molar-refractivity contribution in [2.75, 3.05) is 0 Å². The Balaban J connectivity index is 2.95. The Labute approximate surface area is 118 Å². The molecule has 0 spiro atoms. The van der Waals surface area contributed by atoms with Crippen LogP contribution in [-0.4, -0.2) is 15.6 Å². The number of hydrogen-bond acceptors (Lipinski definition) is 2. The van der Waals surface area contributed by atoms with Gasteiger partial charge in [-0.25, -0.2) is 0 Å². The van der Waals surface area contributed by atoms with Crippen LogP contribution >= 0.6 is 15.9 Å². The molecule has 0 aliphatic heterocycles. The molecule has 0 aliphatic rings. The second-order valence-corrected chi connectivity index (χ2v) is 5.56. The summed E-state index contributed by atoms with van der Waals surface area (Å²) in [6.07, 6.45) is 6.76. The molecule has 0 N–H and O–H groups in total. The fourth-order valence-corrected chi connectivity index (χ4v) is 2.78. The summed E-state index contributed by atoms with van der Waals surface area (Å²) in [4.78, 5) is 12.6. The maximum atomic E-state index is 12.6. The molecular weight excluding hydrogens is 292 g/mol. The van der Waals surface area contributed by atoms with Gasteiger partial charge in [-0.15, -0.1) is 0 Å². The van der Waals surface area contributed by atoms with Gasteiger partial charge in [0.1, 0.15) is 5.69 Å². The first-order valence-corrected chi connectivity index (χ1v) is 7.70. The first-order valence-electron chi connectivity index (χ1n) is 6.91. The number of aryl methyl sites for hydroxylation is 1.